The van der Waals surface area contributed by atoms with Crippen LogP contribution in [0.25, 0.3) is 0 Å². The van der Waals surface area contributed by atoms with Crippen LogP contribution in [-0.4, -0.2) is 55.6 Å². The Morgan fingerprint density at radius 3 is 2.52 bits per heavy atom. The first-order chi connectivity index (χ1) is 13.8. The van der Waals surface area contributed by atoms with Crippen LogP contribution in [0.1, 0.15) is 50.7 Å². The zero-order valence-electron chi connectivity index (χ0n) is 18.3. The van der Waals surface area contributed by atoms with Crippen molar-refractivity contribution in [3.8, 4) is 0 Å². The number of ether oxygens (including phenoxy) is 1. The summed E-state index contributed by atoms with van der Waals surface area (Å²) in [5, 5.41) is 6.21. The first-order valence-electron chi connectivity index (χ1n) is 10.7. The van der Waals surface area contributed by atoms with Crippen molar-refractivity contribution < 1.29 is 14.3 Å². The topological polar surface area (TPSA) is 70.7 Å². The van der Waals surface area contributed by atoms with Crippen LogP contribution in [0, 0.1) is 18.8 Å². The Morgan fingerprint density at radius 1 is 1.21 bits per heavy atom. The minimum atomic E-state index is -0.0103. The number of para-hydroxylation sites is 1. The number of nitrogens with zero attached hydrogens (tertiary/aromatic N) is 1. The van der Waals surface area contributed by atoms with Crippen molar-refractivity contribution in [3.05, 3.63) is 29.3 Å². The van der Waals surface area contributed by atoms with Crippen molar-refractivity contribution in [1.29, 1.82) is 0 Å². The van der Waals surface area contributed by atoms with Crippen molar-refractivity contribution in [2.45, 2.75) is 58.6 Å². The zero-order valence-corrected chi connectivity index (χ0v) is 18.3. The minimum absolute atomic E-state index is 0.0103. The molecule has 0 radical (unpaired) electrons. The molecule has 3 rings (SSSR count). The Morgan fingerprint density at radius 2 is 1.90 bits per heavy atom. The molecule has 1 aliphatic carbocycles. The number of hydrogen-bond acceptors (Lipinski definition) is 4. The standard InChI is InChI=1S/C23H35N3O3/c1-14(2)19-8-6-7-15(3)23(19)25-22(28)13-26-11-17-9-20(24-16(4)27)21(29-5)10-18(17)12-26/h6-8,14,17-18,20-21H,9-13H2,1-5H3,(H,24,27)(H,25,28)/t17-,18+,20-,21-/m1/s1. The van der Waals surface area contributed by atoms with E-state index in [-0.39, 0.29) is 24.0 Å². The van der Waals surface area contributed by atoms with Gasteiger partial charge in [0.05, 0.1) is 18.7 Å². The number of nitrogens with one attached hydrogen (secondary N) is 2. The third kappa shape index (κ3) is 5.17. The summed E-state index contributed by atoms with van der Waals surface area (Å²) < 4.78 is 5.64. The number of methoxy groups -OCH3 is 1. The maximum absolute atomic E-state index is 12.8. The molecule has 0 unspecified atom stereocenters. The molecule has 29 heavy (non-hydrogen) atoms. The Bertz CT molecular complexity index is 749. The van der Waals surface area contributed by atoms with Gasteiger partial charge in [-0.05, 0) is 48.6 Å². The average molecular weight is 402 g/mol. The predicted octanol–water partition coefficient (Wildman–Crippen LogP) is 2.92. The summed E-state index contributed by atoms with van der Waals surface area (Å²) in [7, 11) is 1.72. The van der Waals surface area contributed by atoms with E-state index in [9.17, 15) is 9.59 Å². The number of likely N-dealkylation sites (tertiary alicyclic amines) is 1. The second-order valence-corrected chi connectivity index (χ2v) is 9.01. The van der Waals surface area contributed by atoms with Gasteiger partial charge in [0.25, 0.3) is 0 Å². The number of anilines is 1. The van der Waals surface area contributed by atoms with Gasteiger partial charge in [0.2, 0.25) is 11.8 Å². The molecule has 1 saturated heterocycles. The molecule has 0 bridgehead atoms. The second kappa shape index (κ2) is 9.26. The molecule has 0 aromatic heterocycles. The highest BCUT2D eigenvalue weighted by Gasteiger charge is 2.42. The maximum Gasteiger partial charge on any atom is 0.238 e. The van der Waals surface area contributed by atoms with Gasteiger partial charge in [0.1, 0.15) is 0 Å². The number of rotatable bonds is 6. The monoisotopic (exact) mass is 401 g/mol. The molecule has 160 valence electrons. The minimum Gasteiger partial charge on any atom is -0.379 e. The van der Waals surface area contributed by atoms with Gasteiger partial charge in [-0.1, -0.05) is 32.0 Å². The van der Waals surface area contributed by atoms with Crippen LogP contribution >= 0.6 is 0 Å². The number of fused-ring (bicyclic) bond motifs is 1. The van der Waals surface area contributed by atoms with E-state index in [4.69, 9.17) is 4.74 Å². The molecular weight excluding hydrogens is 366 g/mol. The Balaban J connectivity index is 1.60. The summed E-state index contributed by atoms with van der Waals surface area (Å²) in [6.45, 7) is 10.1. The molecule has 1 aromatic carbocycles. The van der Waals surface area contributed by atoms with Gasteiger partial charge in [-0.15, -0.1) is 0 Å². The van der Waals surface area contributed by atoms with Crippen molar-refractivity contribution in [2.75, 3.05) is 32.1 Å². The van der Waals surface area contributed by atoms with E-state index in [0.29, 0.717) is 24.3 Å². The van der Waals surface area contributed by atoms with Crippen LogP contribution in [-0.2, 0) is 14.3 Å². The molecule has 2 aliphatic rings. The molecule has 0 spiro atoms. The molecule has 2 fully saturated rings. The van der Waals surface area contributed by atoms with E-state index in [0.717, 1.165) is 37.2 Å². The van der Waals surface area contributed by atoms with E-state index in [1.807, 2.05) is 19.1 Å². The van der Waals surface area contributed by atoms with Crippen LogP contribution in [0.2, 0.25) is 0 Å². The number of carbonyl (C=O) groups is 2. The van der Waals surface area contributed by atoms with Crippen molar-refractivity contribution in [3.63, 3.8) is 0 Å². The van der Waals surface area contributed by atoms with Gasteiger partial charge in [0, 0.05) is 32.8 Å². The lowest BCUT2D eigenvalue weighted by atomic mass is 9.77. The third-order valence-corrected chi connectivity index (χ3v) is 6.44. The largest absolute Gasteiger partial charge is 0.379 e. The first kappa shape index (κ1) is 21.8. The molecular formula is C23H35N3O3. The van der Waals surface area contributed by atoms with Gasteiger partial charge >= 0.3 is 0 Å². The highest BCUT2D eigenvalue weighted by molar-refractivity contribution is 5.94. The van der Waals surface area contributed by atoms with Crippen molar-refractivity contribution >= 4 is 17.5 Å². The summed E-state index contributed by atoms with van der Waals surface area (Å²) in [4.78, 5) is 26.6. The van der Waals surface area contributed by atoms with E-state index in [1.54, 1.807) is 14.0 Å². The summed E-state index contributed by atoms with van der Waals surface area (Å²) in [6, 6.07) is 6.24. The van der Waals surface area contributed by atoms with E-state index >= 15 is 0 Å². The summed E-state index contributed by atoms with van der Waals surface area (Å²) in [5.74, 6) is 1.40. The summed E-state index contributed by atoms with van der Waals surface area (Å²) >= 11 is 0. The number of benzene rings is 1. The lowest BCUT2D eigenvalue weighted by Gasteiger charge is -2.37. The molecule has 1 saturated carbocycles. The number of aryl methyl sites for hydroxylation is 1. The lowest BCUT2D eigenvalue weighted by molar-refractivity contribution is -0.121. The zero-order chi connectivity index (χ0) is 21.1. The quantitative estimate of drug-likeness (QED) is 0.769. The van der Waals surface area contributed by atoms with Crippen LogP contribution in [0.15, 0.2) is 18.2 Å². The third-order valence-electron chi connectivity index (χ3n) is 6.44. The molecule has 6 nitrogen and oxygen atoms in total. The fraction of sp³-hybridized carbons (Fsp3) is 0.652. The second-order valence-electron chi connectivity index (χ2n) is 9.01. The van der Waals surface area contributed by atoms with Crippen molar-refractivity contribution in [2.24, 2.45) is 11.8 Å². The lowest BCUT2D eigenvalue weighted by Crippen LogP contribution is -2.49. The van der Waals surface area contributed by atoms with Crippen LogP contribution in [0.5, 0.6) is 0 Å². The van der Waals surface area contributed by atoms with Gasteiger partial charge in [-0.25, -0.2) is 0 Å². The van der Waals surface area contributed by atoms with Crippen molar-refractivity contribution in [1.82, 2.24) is 10.2 Å². The van der Waals surface area contributed by atoms with Crippen LogP contribution in [0.4, 0.5) is 5.69 Å². The van der Waals surface area contributed by atoms with Gasteiger partial charge in [-0.3, -0.25) is 14.5 Å². The molecule has 6 heteroatoms. The molecule has 1 aromatic rings. The van der Waals surface area contributed by atoms with E-state index in [1.165, 1.54) is 5.56 Å². The molecule has 2 N–H and O–H groups in total. The van der Waals surface area contributed by atoms with E-state index < -0.39 is 0 Å². The van der Waals surface area contributed by atoms with E-state index in [2.05, 4.69) is 35.4 Å². The highest BCUT2D eigenvalue weighted by Crippen LogP contribution is 2.37. The van der Waals surface area contributed by atoms with Crippen LogP contribution < -0.4 is 10.6 Å². The normalized spacial score (nSPS) is 27.0. The number of amides is 2. The molecule has 1 aliphatic heterocycles. The molecule has 1 heterocycles. The molecule has 2 amide bonds. The Hall–Kier alpha value is -1.92. The summed E-state index contributed by atoms with van der Waals surface area (Å²) in [5.41, 5.74) is 3.23. The first-order valence-corrected chi connectivity index (χ1v) is 10.7. The predicted molar refractivity (Wildman–Crippen MR) is 115 cm³/mol. The van der Waals surface area contributed by atoms with Gasteiger partial charge in [-0.2, -0.15) is 0 Å². The smallest absolute Gasteiger partial charge is 0.238 e. The number of carbonyl (C=O) groups excluding carboxylic acids is 2. The Labute approximate surface area is 174 Å². The Kier molecular flexibility index (Phi) is 6.96. The maximum atomic E-state index is 12.8. The fourth-order valence-corrected chi connectivity index (χ4v) is 5.04. The van der Waals surface area contributed by atoms with Crippen LogP contribution in [0.3, 0.4) is 0 Å². The summed E-state index contributed by atoms with van der Waals surface area (Å²) in [6.07, 6.45) is 1.89. The number of hydrogen-bond donors (Lipinski definition) is 2. The van der Waals surface area contributed by atoms with Gasteiger partial charge < -0.3 is 15.4 Å². The fourth-order valence-electron chi connectivity index (χ4n) is 5.04. The van der Waals surface area contributed by atoms with Gasteiger partial charge in [0.15, 0.2) is 0 Å². The SMILES string of the molecule is CO[C@@H]1C[C@H]2CN(CC(=O)Nc3c(C)cccc3C(C)C)C[C@H]2C[C@H]1NC(C)=O. The average Bonchev–Trinajstić information content (AvgIpc) is 3.02. The highest BCUT2D eigenvalue weighted by atomic mass is 16.5. The molecule has 4 atom stereocenters.